The van der Waals surface area contributed by atoms with Gasteiger partial charge in [0, 0.05) is 21.9 Å². The van der Waals surface area contributed by atoms with Gasteiger partial charge in [-0.05, 0) is 50.5 Å². The fourth-order valence-corrected chi connectivity index (χ4v) is 6.55. The molecule has 184 valence electrons. The third-order valence-corrected chi connectivity index (χ3v) is 8.42. The van der Waals surface area contributed by atoms with E-state index >= 15 is 0 Å². The van der Waals surface area contributed by atoms with Crippen molar-refractivity contribution in [3.63, 3.8) is 0 Å². The molecule has 1 aromatic heterocycles. The molecule has 2 heteroatoms. The Bertz CT molecular complexity index is 2090. The zero-order valence-corrected chi connectivity index (χ0v) is 21.9. The van der Waals surface area contributed by atoms with Gasteiger partial charge in [0.15, 0.2) is 0 Å². The molecule has 0 saturated heterocycles. The second-order valence-electron chi connectivity index (χ2n) is 11.0. The third-order valence-electron chi connectivity index (χ3n) is 8.42. The number of aromatic nitrogens is 2. The molecule has 2 nitrogen and oxygen atoms in total. The van der Waals surface area contributed by atoms with Gasteiger partial charge in [0.25, 0.3) is 0 Å². The van der Waals surface area contributed by atoms with Crippen LogP contribution in [-0.2, 0) is 5.41 Å². The predicted octanol–water partition coefficient (Wildman–Crippen LogP) is 9.58. The van der Waals surface area contributed by atoms with E-state index in [4.69, 9.17) is 9.97 Å². The summed E-state index contributed by atoms with van der Waals surface area (Å²) in [7, 11) is 0. The van der Waals surface area contributed by atoms with Crippen LogP contribution in [0.5, 0.6) is 0 Å². The Labute approximate surface area is 227 Å². The van der Waals surface area contributed by atoms with Crippen LogP contribution < -0.4 is 0 Å². The Morgan fingerprint density at radius 1 is 0.513 bits per heavy atom. The van der Waals surface area contributed by atoms with E-state index in [2.05, 4.69) is 129 Å². The topological polar surface area (TPSA) is 25.8 Å². The average Bonchev–Trinajstić information content (AvgIpc) is 3.23. The average molecular weight is 499 g/mol. The lowest BCUT2D eigenvalue weighted by atomic mass is 9.80. The van der Waals surface area contributed by atoms with Gasteiger partial charge in [-0.25, -0.2) is 9.97 Å². The quantitative estimate of drug-likeness (QED) is 0.222. The molecule has 0 aliphatic heterocycles. The summed E-state index contributed by atoms with van der Waals surface area (Å²) in [6.45, 7) is 4.69. The number of rotatable bonds is 2. The normalized spacial score (nSPS) is 13.6. The van der Waals surface area contributed by atoms with E-state index in [1.807, 2.05) is 6.07 Å². The van der Waals surface area contributed by atoms with Gasteiger partial charge >= 0.3 is 0 Å². The van der Waals surface area contributed by atoms with Crippen molar-refractivity contribution >= 4 is 32.6 Å². The highest BCUT2D eigenvalue weighted by molar-refractivity contribution is 6.06. The van der Waals surface area contributed by atoms with Gasteiger partial charge in [0.2, 0.25) is 0 Å². The zero-order chi connectivity index (χ0) is 26.1. The number of fused-ring (bicyclic) bond motifs is 8. The highest BCUT2D eigenvalue weighted by Crippen LogP contribution is 2.51. The first-order valence-corrected chi connectivity index (χ1v) is 13.5. The van der Waals surface area contributed by atoms with Crippen LogP contribution in [0, 0.1) is 0 Å². The molecule has 6 aromatic carbocycles. The molecule has 0 atom stereocenters. The molecule has 0 fully saturated rings. The summed E-state index contributed by atoms with van der Waals surface area (Å²) in [5, 5.41) is 4.83. The fourth-order valence-electron chi connectivity index (χ4n) is 6.55. The molecule has 1 aliphatic rings. The number of hydrogen-bond acceptors (Lipinski definition) is 2. The molecule has 1 heterocycles. The highest BCUT2D eigenvalue weighted by atomic mass is 14.8. The molecule has 0 saturated carbocycles. The van der Waals surface area contributed by atoms with Gasteiger partial charge in [-0.2, -0.15) is 0 Å². The summed E-state index contributed by atoms with van der Waals surface area (Å²) in [4.78, 5) is 10.6. The first kappa shape index (κ1) is 22.2. The van der Waals surface area contributed by atoms with Crippen molar-refractivity contribution in [1.82, 2.24) is 9.97 Å². The van der Waals surface area contributed by atoms with Crippen LogP contribution >= 0.6 is 0 Å². The molecule has 0 radical (unpaired) electrons. The van der Waals surface area contributed by atoms with Gasteiger partial charge in [-0.1, -0.05) is 123 Å². The van der Waals surface area contributed by atoms with Crippen molar-refractivity contribution < 1.29 is 0 Å². The van der Waals surface area contributed by atoms with Gasteiger partial charge in [0.1, 0.15) is 0 Å². The number of benzene rings is 6. The van der Waals surface area contributed by atoms with Crippen LogP contribution in [-0.4, -0.2) is 9.97 Å². The van der Waals surface area contributed by atoms with Crippen molar-refractivity contribution in [3.8, 4) is 33.6 Å². The van der Waals surface area contributed by atoms with E-state index in [0.717, 1.165) is 38.9 Å². The molecule has 0 N–H and O–H groups in total. The van der Waals surface area contributed by atoms with Crippen molar-refractivity contribution in [2.75, 3.05) is 0 Å². The molecule has 0 spiro atoms. The first-order valence-electron chi connectivity index (χ1n) is 13.5. The monoisotopic (exact) mass is 498 g/mol. The molecule has 7 aromatic rings. The fraction of sp³-hybridized carbons (Fsp3) is 0.0811. The van der Waals surface area contributed by atoms with E-state index in [-0.39, 0.29) is 5.41 Å². The SMILES string of the molecule is CC1(C)c2ccccc2-c2ccc3ccc(-c4nc5ccc6ccccc6c5nc4-c4ccccc4)cc3c21. The van der Waals surface area contributed by atoms with E-state index in [1.54, 1.807) is 0 Å². The second-order valence-corrected chi connectivity index (χ2v) is 11.0. The Balaban J connectivity index is 1.43. The standard InChI is InChI=1S/C37H26N2/c1-37(2)31-15-9-8-14-28(31)29-20-18-24-16-17-26(22-30(24)33(29)37)35-34(25-11-4-3-5-12-25)39-36-27-13-7-6-10-23(27)19-21-32(36)38-35/h3-22H,1-2H3. The van der Waals surface area contributed by atoms with Crippen LogP contribution in [0.3, 0.4) is 0 Å². The van der Waals surface area contributed by atoms with Gasteiger partial charge in [-0.3, -0.25) is 0 Å². The van der Waals surface area contributed by atoms with E-state index in [0.29, 0.717) is 0 Å². The lowest BCUT2D eigenvalue weighted by Crippen LogP contribution is -2.15. The van der Waals surface area contributed by atoms with E-state index in [1.165, 1.54) is 38.4 Å². The minimum absolute atomic E-state index is 0.0830. The predicted molar refractivity (Wildman–Crippen MR) is 163 cm³/mol. The summed E-state index contributed by atoms with van der Waals surface area (Å²) < 4.78 is 0. The Hall–Kier alpha value is -4.82. The summed E-state index contributed by atoms with van der Waals surface area (Å²) >= 11 is 0. The van der Waals surface area contributed by atoms with Crippen LogP contribution in [0.15, 0.2) is 121 Å². The van der Waals surface area contributed by atoms with Crippen LogP contribution in [0.4, 0.5) is 0 Å². The maximum atomic E-state index is 5.30. The van der Waals surface area contributed by atoms with Gasteiger partial charge in [0.05, 0.1) is 22.4 Å². The summed E-state index contributed by atoms with van der Waals surface area (Å²) in [6.07, 6.45) is 0. The van der Waals surface area contributed by atoms with Crippen molar-refractivity contribution in [2.24, 2.45) is 0 Å². The highest BCUT2D eigenvalue weighted by Gasteiger charge is 2.36. The Morgan fingerprint density at radius 3 is 2.10 bits per heavy atom. The maximum Gasteiger partial charge on any atom is 0.0973 e. The second kappa shape index (κ2) is 8.09. The van der Waals surface area contributed by atoms with Crippen molar-refractivity contribution in [2.45, 2.75) is 19.3 Å². The van der Waals surface area contributed by atoms with Crippen molar-refractivity contribution in [1.29, 1.82) is 0 Å². The smallest absolute Gasteiger partial charge is 0.0973 e. The zero-order valence-electron chi connectivity index (χ0n) is 21.9. The number of hydrogen-bond donors (Lipinski definition) is 0. The van der Waals surface area contributed by atoms with Crippen LogP contribution in [0.1, 0.15) is 25.0 Å². The Kier molecular flexibility index (Phi) is 4.60. The van der Waals surface area contributed by atoms with Gasteiger partial charge < -0.3 is 0 Å². The molecule has 0 bridgehead atoms. The Morgan fingerprint density at radius 2 is 1.21 bits per heavy atom. The third kappa shape index (κ3) is 3.21. The van der Waals surface area contributed by atoms with E-state index < -0.39 is 0 Å². The minimum Gasteiger partial charge on any atom is -0.244 e. The first-order chi connectivity index (χ1) is 19.1. The molecular weight excluding hydrogens is 472 g/mol. The summed E-state index contributed by atoms with van der Waals surface area (Å²) in [6, 6.07) is 43.3. The molecule has 0 unspecified atom stereocenters. The van der Waals surface area contributed by atoms with Crippen molar-refractivity contribution in [3.05, 3.63) is 132 Å². The molecule has 1 aliphatic carbocycles. The lowest BCUT2D eigenvalue weighted by Gasteiger charge is -2.23. The summed E-state index contributed by atoms with van der Waals surface area (Å²) in [5.41, 5.74) is 11.2. The minimum atomic E-state index is -0.0830. The van der Waals surface area contributed by atoms with Crippen LogP contribution in [0.25, 0.3) is 66.2 Å². The lowest BCUT2D eigenvalue weighted by molar-refractivity contribution is 0.666. The molecule has 0 amide bonds. The molecule has 8 rings (SSSR count). The van der Waals surface area contributed by atoms with E-state index in [9.17, 15) is 0 Å². The molecule has 39 heavy (non-hydrogen) atoms. The largest absolute Gasteiger partial charge is 0.244 e. The summed E-state index contributed by atoms with van der Waals surface area (Å²) in [5.74, 6) is 0. The molecular formula is C37H26N2. The van der Waals surface area contributed by atoms with Gasteiger partial charge in [-0.15, -0.1) is 0 Å². The maximum absolute atomic E-state index is 5.30. The van der Waals surface area contributed by atoms with Crippen LogP contribution in [0.2, 0.25) is 0 Å². The number of nitrogens with zero attached hydrogens (tertiary/aromatic N) is 2.